The van der Waals surface area contributed by atoms with E-state index in [1.807, 2.05) is 27.7 Å². The average molecular weight is 416 g/mol. The third-order valence-electron chi connectivity index (χ3n) is 5.17. The quantitative estimate of drug-likeness (QED) is 0.130. The Morgan fingerprint density at radius 3 is 1.55 bits per heavy atom. The van der Waals surface area contributed by atoms with E-state index in [4.69, 9.17) is 11.5 Å². The second-order valence-electron chi connectivity index (χ2n) is 8.38. The van der Waals surface area contributed by atoms with Gasteiger partial charge in [-0.05, 0) is 12.8 Å². The number of carbonyl (C=O) groups is 2. The Morgan fingerprint density at radius 2 is 1.17 bits per heavy atom. The standard InChI is InChI=1S/C20H45N7O2/c1-5-20(4,17(22)28)16-19(2,3)18(29)27-15-14-26-13-12-25-11-10-24-9-8-23-7-6-21/h23-26H,5-16,21H2,1-4H3,(H2,22,28)(H,27,29). The van der Waals surface area contributed by atoms with Crippen molar-refractivity contribution in [1.29, 1.82) is 0 Å². The van der Waals surface area contributed by atoms with Gasteiger partial charge in [-0.15, -0.1) is 0 Å². The second-order valence-corrected chi connectivity index (χ2v) is 8.38. The molecular weight excluding hydrogens is 370 g/mol. The minimum atomic E-state index is -0.666. The van der Waals surface area contributed by atoms with Crippen molar-refractivity contribution in [2.75, 3.05) is 65.4 Å². The molecule has 29 heavy (non-hydrogen) atoms. The molecule has 1 unspecified atom stereocenters. The van der Waals surface area contributed by atoms with Gasteiger partial charge in [0.25, 0.3) is 0 Å². The van der Waals surface area contributed by atoms with Gasteiger partial charge in [-0.25, -0.2) is 0 Å². The van der Waals surface area contributed by atoms with Gasteiger partial charge in [0.2, 0.25) is 11.8 Å². The van der Waals surface area contributed by atoms with Gasteiger partial charge >= 0.3 is 0 Å². The first-order valence-corrected chi connectivity index (χ1v) is 10.8. The number of nitrogens with one attached hydrogen (secondary N) is 5. The fraction of sp³-hybridized carbons (Fsp3) is 0.900. The molecular formula is C20H45N7O2. The summed E-state index contributed by atoms with van der Waals surface area (Å²) in [6, 6.07) is 0. The Morgan fingerprint density at radius 1 is 0.759 bits per heavy atom. The Kier molecular flexibility index (Phi) is 14.9. The smallest absolute Gasteiger partial charge is 0.225 e. The molecule has 9 nitrogen and oxygen atoms in total. The number of nitrogens with two attached hydrogens (primary N) is 2. The number of amides is 2. The van der Waals surface area contributed by atoms with Crippen LogP contribution in [-0.2, 0) is 9.59 Å². The summed E-state index contributed by atoms with van der Waals surface area (Å²) in [5.74, 6) is -0.404. The molecule has 172 valence electrons. The highest BCUT2D eigenvalue weighted by atomic mass is 16.2. The number of hydrogen-bond donors (Lipinski definition) is 7. The SMILES string of the molecule is CCC(C)(CC(C)(C)C(=O)NCCNCCNCCNCCNCCN)C(N)=O. The Labute approximate surface area is 176 Å². The van der Waals surface area contributed by atoms with Crippen LogP contribution in [0, 0.1) is 10.8 Å². The second kappa shape index (κ2) is 15.6. The average Bonchev–Trinajstić information content (AvgIpc) is 2.67. The summed E-state index contributed by atoms with van der Waals surface area (Å²) in [7, 11) is 0. The van der Waals surface area contributed by atoms with Gasteiger partial charge in [0.15, 0.2) is 0 Å². The highest BCUT2D eigenvalue weighted by molar-refractivity contribution is 5.85. The van der Waals surface area contributed by atoms with Gasteiger partial charge in [0.05, 0.1) is 0 Å². The first-order valence-electron chi connectivity index (χ1n) is 10.8. The fourth-order valence-corrected chi connectivity index (χ4v) is 3.08. The van der Waals surface area contributed by atoms with E-state index in [0.29, 0.717) is 32.5 Å². The highest BCUT2D eigenvalue weighted by Crippen LogP contribution is 2.36. The molecule has 0 aliphatic heterocycles. The summed E-state index contributed by atoms with van der Waals surface area (Å²) < 4.78 is 0. The van der Waals surface area contributed by atoms with Crippen LogP contribution in [0.3, 0.4) is 0 Å². The van der Waals surface area contributed by atoms with Crippen LogP contribution in [0.2, 0.25) is 0 Å². The van der Waals surface area contributed by atoms with Gasteiger partial charge in [-0.2, -0.15) is 0 Å². The number of carbonyl (C=O) groups excluding carboxylic acids is 2. The lowest BCUT2D eigenvalue weighted by Crippen LogP contribution is -2.45. The summed E-state index contributed by atoms with van der Waals surface area (Å²) in [6.45, 7) is 15.7. The summed E-state index contributed by atoms with van der Waals surface area (Å²) >= 11 is 0. The first-order chi connectivity index (χ1) is 13.7. The van der Waals surface area contributed by atoms with E-state index in [9.17, 15) is 9.59 Å². The van der Waals surface area contributed by atoms with E-state index < -0.39 is 10.8 Å². The first kappa shape index (κ1) is 27.7. The van der Waals surface area contributed by atoms with Gasteiger partial charge in [-0.3, -0.25) is 9.59 Å². The largest absolute Gasteiger partial charge is 0.369 e. The highest BCUT2D eigenvalue weighted by Gasteiger charge is 2.39. The molecule has 0 radical (unpaired) electrons. The maximum Gasteiger partial charge on any atom is 0.225 e. The molecule has 0 fully saturated rings. The van der Waals surface area contributed by atoms with Crippen molar-refractivity contribution in [2.45, 2.75) is 40.5 Å². The van der Waals surface area contributed by atoms with Crippen LogP contribution in [0.25, 0.3) is 0 Å². The predicted molar refractivity (Wildman–Crippen MR) is 120 cm³/mol. The molecule has 0 aliphatic rings. The van der Waals surface area contributed by atoms with Crippen LogP contribution in [0.5, 0.6) is 0 Å². The van der Waals surface area contributed by atoms with Crippen molar-refractivity contribution in [1.82, 2.24) is 26.6 Å². The van der Waals surface area contributed by atoms with E-state index in [-0.39, 0.29) is 11.8 Å². The van der Waals surface area contributed by atoms with Crippen LogP contribution in [-0.4, -0.2) is 77.3 Å². The monoisotopic (exact) mass is 415 g/mol. The zero-order chi connectivity index (χ0) is 22.2. The lowest BCUT2D eigenvalue weighted by molar-refractivity contribution is -0.135. The molecule has 0 aromatic heterocycles. The van der Waals surface area contributed by atoms with Crippen LogP contribution < -0.4 is 38.1 Å². The van der Waals surface area contributed by atoms with E-state index >= 15 is 0 Å². The Hall–Kier alpha value is -1.26. The molecule has 0 saturated carbocycles. The van der Waals surface area contributed by atoms with Crippen molar-refractivity contribution in [3.8, 4) is 0 Å². The summed E-state index contributed by atoms with van der Waals surface area (Å²) in [5.41, 5.74) is 9.62. The minimum Gasteiger partial charge on any atom is -0.369 e. The molecule has 9 N–H and O–H groups in total. The van der Waals surface area contributed by atoms with Crippen molar-refractivity contribution in [3.05, 3.63) is 0 Å². The third kappa shape index (κ3) is 12.8. The normalized spacial score (nSPS) is 13.8. The van der Waals surface area contributed by atoms with Crippen LogP contribution in [0.1, 0.15) is 40.5 Å². The maximum atomic E-state index is 12.5. The molecule has 0 aliphatic carbocycles. The fourth-order valence-electron chi connectivity index (χ4n) is 3.08. The molecule has 0 aromatic carbocycles. The van der Waals surface area contributed by atoms with Crippen molar-refractivity contribution in [3.63, 3.8) is 0 Å². The predicted octanol–water partition coefficient (Wildman–Crippen LogP) is -1.26. The van der Waals surface area contributed by atoms with Crippen molar-refractivity contribution >= 4 is 11.8 Å². The number of primary amides is 1. The number of hydrogen-bond acceptors (Lipinski definition) is 7. The van der Waals surface area contributed by atoms with Crippen LogP contribution in [0.4, 0.5) is 0 Å². The third-order valence-corrected chi connectivity index (χ3v) is 5.17. The molecule has 0 rings (SSSR count). The van der Waals surface area contributed by atoms with Gasteiger partial charge < -0.3 is 38.1 Å². The summed E-state index contributed by atoms with van der Waals surface area (Å²) in [6.07, 6.45) is 1.06. The number of rotatable bonds is 19. The van der Waals surface area contributed by atoms with E-state index in [1.165, 1.54) is 0 Å². The van der Waals surface area contributed by atoms with Crippen LogP contribution in [0.15, 0.2) is 0 Å². The molecule has 9 heteroatoms. The van der Waals surface area contributed by atoms with E-state index in [1.54, 1.807) is 0 Å². The molecule has 0 saturated heterocycles. The molecule has 0 aromatic rings. The Bertz CT molecular complexity index is 460. The lowest BCUT2D eigenvalue weighted by Gasteiger charge is -2.33. The van der Waals surface area contributed by atoms with E-state index in [2.05, 4.69) is 26.6 Å². The molecule has 2 amide bonds. The van der Waals surface area contributed by atoms with Crippen LogP contribution >= 0.6 is 0 Å². The zero-order valence-electron chi connectivity index (χ0n) is 19.0. The lowest BCUT2D eigenvalue weighted by atomic mass is 9.71. The van der Waals surface area contributed by atoms with Gasteiger partial charge in [0.1, 0.15) is 0 Å². The molecule has 0 spiro atoms. The maximum absolute atomic E-state index is 12.5. The zero-order valence-corrected chi connectivity index (χ0v) is 19.0. The van der Waals surface area contributed by atoms with E-state index in [0.717, 1.165) is 45.8 Å². The summed E-state index contributed by atoms with van der Waals surface area (Å²) in [5, 5.41) is 16.2. The van der Waals surface area contributed by atoms with Gasteiger partial charge in [0, 0.05) is 76.3 Å². The Balaban J connectivity index is 3.72. The molecule has 1 atom stereocenters. The minimum absolute atomic E-state index is 0.0506. The van der Waals surface area contributed by atoms with Crippen molar-refractivity contribution < 1.29 is 9.59 Å². The molecule has 0 bridgehead atoms. The molecule has 0 heterocycles. The van der Waals surface area contributed by atoms with Crippen molar-refractivity contribution in [2.24, 2.45) is 22.3 Å². The topological polar surface area (TPSA) is 146 Å². The summed E-state index contributed by atoms with van der Waals surface area (Å²) in [4.78, 5) is 24.2. The van der Waals surface area contributed by atoms with Gasteiger partial charge in [-0.1, -0.05) is 27.7 Å².